The molecule has 68 heavy (non-hydrogen) atoms. The summed E-state index contributed by atoms with van der Waals surface area (Å²) in [6.45, 7) is 32.6. The van der Waals surface area contributed by atoms with Crippen LogP contribution in [-0.2, 0) is 32.5 Å². The van der Waals surface area contributed by atoms with Crippen LogP contribution in [0.4, 0.5) is 34.1 Å². The van der Waals surface area contributed by atoms with E-state index in [0.717, 1.165) is 62.7 Å². The van der Waals surface area contributed by atoms with Crippen LogP contribution in [0.2, 0.25) is 0 Å². The molecule has 0 saturated heterocycles. The smallest absolute Gasteiger partial charge is 0.252 e. The molecule has 0 spiro atoms. The number of nitrogens with zero attached hydrogens (tertiary/aromatic N) is 2. The van der Waals surface area contributed by atoms with Crippen molar-refractivity contribution < 1.29 is 4.11 Å². The molecule has 0 bridgehead atoms. The van der Waals surface area contributed by atoms with Crippen LogP contribution in [0.25, 0.3) is 11.1 Å². The topological polar surface area (TPSA) is 6.48 Å². The molecule has 0 atom stereocenters. The van der Waals surface area contributed by atoms with Crippen molar-refractivity contribution in [1.82, 2.24) is 0 Å². The fourth-order valence-corrected chi connectivity index (χ4v) is 13.3. The lowest BCUT2D eigenvalue weighted by molar-refractivity contribution is 0.403. The van der Waals surface area contributed by atoms with Crippen molar-refractivity contribution in [2.45, 2.75) is 150 Å². The van der Waals surface area contributed by atoms with Crippen molar-refractivity contribution in [2.24, 2.45) is 0 Å². The van der Waals surface area contributed by atoms with E-state index in [1.165, 1.54) is 55.4 Å². The standard InChI is InChI=1S/C65H71BN2/c1-39-30-57-59-58(31-39)68(55-37-50-49(32-40(55)2)64(13,14)45-24-20-21-25-46(45)65(50,15)16)54-29-27-43(61(6,7)8)34-51(54)66(59)52-35-47-48(63(11,12)38-62(47,9)10)36-56(52)67(57)53-28-26-42(60(3,4)5)33-44(53)41-22-18-17-19-23-41/h17-37H,38H2,1-16H3/i1D3. The molecular weight excluding hydrogens is 820 g/mol. The highest BCUT2D eigenvalue weighted by Gasteiger charge is 2.49. The highest BCUT2D eigenvalue weighted by molar-refractivity contribution is 7.00. The van der Waals surface area contributed by atoms with E-state index >= 15 is 0 Å². The SMILES string of the molecule is [2H]C([2H])([2H])c1cc2c3c(c1)N(c1ccc(C(C)(C)C)cc1-c1ccccc1)c1cc4c(cc1B3c1cc(C(C)(C)C)ccc1N2c1cc2c(cc1C)C(C)(C)c1ccccc1C2(C)C)C(C)(C)CC4(C)C. The highest BCUT2D eigenvalue weighted by atomic mass is 15.2. The molecule has 0 unspecified atom stereocenters. The molecule has 4 aliphatic rings. The summed E-state index contributed by atoms with van der Waals surface area (Å²) in [5, 5.41) is 0. The van der Waals surface area contributed by atoms with Gasteiger partial charge < -0.3 is 9.80 Å². The minimum absolute atomic E-state index is 0.0489. The first-order valence-corrected chi connectivity index (χ1v) is 25.1. The van der Waals surface area contributed by atoms with Gasteiger partial charge in [0.05, 0.1) is 5.69 Å². The van der Waals surface area contributed by atoms with Crippen LogP contribution in [0.1, 0.15) is 163 Å². The van der Waals surface area contributed by atoms with Crippen molar-refractivity contribution >= 4 is 57.2 Å². The maximum atomic E-state index is 9.26. The van der Waals surface area contributed by atoms with Crippen LogP contribution in [0.5, 0.6) is 0 Å². The van der Waals surface area contributed by atoms with Crippen LogP contribution in [-0.4, -0.2) is 6.71 Å². The third kappa shape index (κ3) is 6.43. The quantitative estimate of drug-likeness (QED) is 0.163. The fourth-order valence-electron chi connectivity index (χ4n) is 13.3. The second-order valence-electron chi connectivity index (χ2n) is 25.3. The molecule has 3 heteroatoms. The third-order valence-corrected chi connectivity index (χ3v) is 16.8. The summed E-state index contributed by atoms with van der Waals surface area (Å²) in [6.07, 6.45) is 1.04. The van der Waals surface area contributed by atoms with E-state index in [9.17, 15) is 4.11 Å². The van der Waals surface area contributed by atoms with Gasteiger partial charge in [-0.25, -0.2) is 0 Å². The lowest BCUT2D eigenvalue weighted by atomic mass is 9.33. The number of hydrogen-bond acceptors (Lipinski definition) is 2. The average molecular weight is 894 g/mol. The first-order valence-electron chi connectivity index (χ1n) is 26.6. The van der Waals surface area contributed by atoms with Gasteiger partial charge in [0.2, 0.25) is 0 Å². The molecule has 7 aromatic carbocycles. The van der Waals surface area contributed by atoms with Gasteiger partial charge in [0.1, 0.15) is 0 Å². The van der Waals surface area contributed by atoms with E-state index in [0.29, 0.717) is 5.56 Å². The van der Waals surface area contributed by atoms with Gasteiger partial charge in [0, 0.05) is 48.9 Å². The van der Waals surface area contributed by atoms with Gasteiger partial charge in [-0.3, -0.25) is 0 Å². The summed E-state index contributed by atoms with van der Waals surface area (Å²) in [5.41, 5.74) is 23.4. The number of fused-ring (bicyclic) bond motifs is 7. The normalized spacial score (nSPS) is 18.6. The van der Waals surface area contributed by atoms with E-state index in [4.69, 9.17) is 0 Å². The Kier molecular flexibility index (Phi) is 8.71. The van der Waals surface area contributed by atoms with Gasteiger partial charge in [-0.2, -0.15) is 0 Å². The first kappa shape index (κ1) is 41.2. The molecule has 344 valence electrons. The Morgan fingerprint density at radius 3 is 1.56 bits per heavy atom. The third-order valence-electron chi connectivity index (χ3n) is 16.8. The molecule has 0 fully saturated rings. The molecule has 0 N–H and O–H groups in total. The van der Waals surface area contributed by atoms with Crippen LogP contribution < -0.4 is 26.2 Å². The van der Waals surface area contributed by atoms with Crippen molar-refractivity contribution in [3.05, 3.63) is 183 Å². The fraction of sp³-hybridized carbons (Fsp3) is 0.354. The van der Waals surface area contributed by atoms with Gasteiger partial charge in [-0.1, -0.05) is 182 Å². The molecular formula is C65H71BN2. The Bertz CT molecular complexity index is 3380. The molecule has 2 nitrogen and oxygen atoms in total. The molecule has 0 radical (unpaired) electrons. The largest absolute Gasteiger partial charge is 0.311 e. The van der Waals surface area contributed by atoms with Gasteiger partial charge in [-0.15, -0.1) is 0 Å². The highest BCUT2D eigenvalue weighted by Crippen LogP contribution is 2.56. The monoisotopic (exact) mass is 894 g/mol. The Morgan fingerprint density at radius 2 is 0.971 bits per heavy atom. The van der Waals surface area contributed by atoms with Gasteiger partial charge >= 0.3 is 0 Å². The maximum absolute atomic E-state index is 9.26. The lowest BCUT2D eigenvalue weighted by Crippen LogP contribution is -2.62. The Labute approximate surface area is 413 Å². The molecule has 0 saturated carbocycles. The predicted octanol–water partition coefficient (Wildman–Crippen LogP) is 15.6. The Hall–Kier alpha value is -5.80. The zero-order valence-electron chi connectivity index (χ0n) is 46.3. The molecule has 11 rings (SSSR count). The molecule has 2 aliphatic carbocycles. The Balaban J connectivity index is 1.30. The Morgan fingerprint density at radius 1 is 0.471 bits per heavy atom. The van der Waals surface area contributed by atoms with E-state index in [1.54, 1.807) is 0 Å². The van der Waals surface area contributed by atoms with E-state index < -0.39 is 6.85 Å². The zero-order chi connectivity index (χ0) is 50.9. The molecule has 0 aromatic heterocycles. The number of hydrogen-bond donors (Lipinski definition) is 0. The van der Waals surface area contributed by atoms with E-state index in [1.807, 2.05) is 12.1 Å². The lowest BCUT2D eigenvalue weighted by Gasteiger charge is -2.47. The molecule has 7 aromatic rings. The van der Waals surface area contributed by atoms with Crippen LogP contribution in [0, 0.1) is 13.8 Å². The number of anilines is 6. The molecule has 2 aliphatic heterocycles. The maximum Gasteiger partial charge on any atom is 0.252 e. The minimum Gasteiger partial charge on any atom is -0.311 e. The van der Waals surface area contributed by atoms with Crippen LogP contribution >= 0.6 is 0 Å². The van der Waals surface area contributed by atoms with E-state index in [-0.39, 0.29) is 39.2 Å². The predicted molar refractivity (Wildman–Crippen MR) is 294 cm³/mol. The molecule has 2 heterocycles. The van der Waals surface area contributed by atoms with Crippen molar-refractivity contribution in [1.29, 1.82) is 0 Å². The van der Waals surface area contributed by atoms with Crippen molar-refractivity contribution in [3.63, 3.8) is 0 Å². The van der Waals surface area contributed by atoms with Gasteiger partial charge in [-0.05, 0) is 162 Å². The second kappa shape index (κ2) is 14.4. The van der Waals surface area contributed by atoms with Crippen molar-refractivity contribution in [3.8, 4) is 11.1 Å². The number of benzene rings is 7. The van der Waals surface area contributed by atoms with Crippen LogP contribution in [0.3, 0.4) is 0 Å². The molecule has 0 amide bonds. The van der Waals surface area contributed by atoms with Crippen molar-refractivity contribution in [2.75, 3.05) is 9.80 Å². The number of rotatable bonds is 3. The summed E-state index contributed by atoms with van der Waals surface area (Å²) < 4.78 is 27.8. The van der Waals surface area contributed by atoms with Crippen LogP contribution in [0.15, 0.2) is 127 Å². The average Bonchev–Trinajstić information content (AvgIpc) is 3.48. The van der Waals surface area contributed by atoms with Gasteiger partial charge in [0.25, 0.3) is 6.71 Å². The summed E-state index contributed by atoms with van der Waals surface area (Å²) in [7, 11) is 0. The summed E-state index contributed by atoms with van der Waals surface area (Å²) >= 11 is 0. The second-order valence-corrected chi connectivity index (χ2v) is 25.3. The van der Waals surface area contributed by atoms with E-state index in [2.05, 4.69) is 229 Å². The number of aryl methyl sites for hydroxylation is 2. The summed E-state index contributed by atoms with van der Waals surface area (Å²) in [5.74, 6) is 0. The van der Waals surface area contributed by atoms with Gasteiger partial charge in [0.15, 0.2) is 0 Å². The zero-order valence-corrected chi connectivity index (χ0v) is 43.3. The summed E-state index contributed by atoms with van der Waals surface area (Å²) in [4.78, 5) is 4.92. The summed E-state index contributed by atoms with van der Waals surface area (Å²) in [6, 6.07) is 47.9. The first-order chi connectivity index (χ1) is 33.0. The minimum atomic E-state index is -2.39.